The molecule has 0 saturated carbocycles. The molecule has 2 heterocycles. The fourth-order valence-electron chi connectivity index (χ4n) is 1.60. The van der Waals surface area contributed by atoms with Crippen LogP contribution in [0.25, 0.3) is 0 Å². The van der Waals surface area contributed by atoms with Crippen molar-refractivity contribution in [2.45, 2.75) is 26.2 Å². The fourth-order valence-corrected chi connectivity index (χ4v) is 1.77. The summed E-state index contributed by atoms with van der Waals surface area (Å²) in [4.78, 5) is 28.6. The van der Waals surface area contributed by atoms with E-state index in [4.69, 9.17) is 21.5 Å². The van der Waals surface area contributed by atoms with E-state index in [-0.39, 0.29) is 5.91 Å². The summed E-state index contributed by atoms with van der Waals surface area (Å²) in [7, 11) is 0. The normalized spacial score (nSPS) is 10.6. The number of alkyl halides is 3. The Labute approximate surface area is 145 Å². The van der Waals surface area contributed by atoms with Crippen LogP contribution < -0.4 is 5.32 Å². The van der Waals surface area contributed by atoms with E-state index >= 15 is 0 Å². The highest BCUT2D eigenvalue weighted by atomic mass is 35.5. The second-order valence-corrected chi connectivity index (χ2v) is 4.91. The number of halogens is 4. The Bertz CT molecular complexity index is 734. The molecular formula is C14H14ClF3N4O3. The van der Waals surface area contributed by atoms with Crippen molar-refractivity contribution in [3.05, 3.63) is 47.3 Å². The molecule has 7 nitrogen and oxygen atoms in total. The molecule has 25 heavy (non-hydrogen) atoms. The topological polar surface area (TPSA) is 97.1 Å². The molecule has 1 amide bonds. The van der Waals surface area contributed by atoms with Gasteiger partial charge in [0.2, 0.25) is 0 Å². The molecule has 0 radical (unpaired) electrons. The monoisotopic (exact) mass is 378 g/mol. The van der Waals surface area contributed by atoms with Crippen LogP contribution >= 0.6 is 11.6 Å². The summed E-state index contributed by atoms with van der Waals surface area (Å²) in [6.07, 6.45) is -0.0956. The van der Waals surface area contributed by atoms with Crippen molar-refractivity contribution in [2.75, 3.05) is 0 Å². The van der Waals surface area contributed by atoms with E-state index in [1.807, 2.05) is 11.5 Å². The first-order valence-electron chi connectivity index (χ1n) is 6.84. The molecule has 0 saturated heterocycles. The lowest BCUT2D eigenvalue weighted by Gasteiger charge is -2.07. The number of aliphatic carboxylic acids is 1. The van der Waals surface area contributed by atoms with Crippen molar-refractivity contribution < 1.29 is 27.9 Å². The van der Waals surface area contributed by atoms with Crippen molar-refractivity contribution in [1.29, 1.82) is 0 Å². The van der Waals surface area contributed by atoms with Gasteiger partial charge in [0.25, 0.3) is 5.91 Å². The Morgan fingerprint density at radius 1 is 1.40 bits per heavy atom. The molecule has 0 atom stereocenters. The van der Waals surface area contributed by atoms with E-state index in [9.17, 15) is 18.0 Å². The first-order valence-corrected chi connectivity index (χ1v) is 7.21. The second-order valence-electron chi connectivity index (χ2n) is 4.52. The van der Waals surface area contributed by atoms with Crippen LogP contribution in [0.1, 0.15) is 23.0 Å². The van der Waals surface area contributed by atoms with E-state index in [0.717, 1.165) is 12.2 Å². The molecule has 0 aromatic carbocycles. The van der Waals surface area contributed by atoms with Gasteiger partial charge in [0.05, 0.1) is 18.6 Å². The molecule has 0 aliphatic heterocycles. The van der Waals surface area contributed by atoms with Gasteiger partial charge in [-0.25, -0.2) is 14.8 Å². The van der Waals surface area contributed by atoms with Crippen LogP contribution in [0.2, 0.25) is 5.15 Å². The van der Waals surface area contributed by atoms with Gasteiger partial charge < -0.3 is 15.0 Å². The molecule has 2 rings (SSSR count). The van der Waals surface area contributed by atoms with Gasteiger partial charge in [-0.15, -0.1) is 0 Å². The highest BCUT2D eigenvalue weighted by Crippen LogP contribution is 2.13. The lowest BCUT2D eigenvalue weighted by Crippen LogP contribution is -2.24. The Morgan fingerprint density at radius 2 is 2.04 bits per heavy atom. The summed E-state index contributed by atoms with van der Waals surface area (Å²) in [6, 6.07) is 3.16. The van der Waals surface area contributed by atoms with E-state index in [0.29, 0.717) is 17.3 Å². The van der Waals surface area contributed by atoms with Gasteiger partial charge in [0.15, 0.2) is 0 Å². The minimum Gasteiger partial charge on any atom is -0.475 e. The van der Waals surface area contributed by atoms with Gasteiger partial charge >= 0.3 is 12.1 Å². The number of nitrogens with zero attached hydrogens (tertiary/aromatic N) is 3. The Hall–Kier alpha value is -2.62. The molecule has 0 fully saturated rings. The van der Waals surface area contributed by atoms with Crippen molar-refractivity contribution in [1.82, 2.24) is 19.9 Å². The number of amides is 1. The number of pyridine rings is 1. The third-order valence-corrected chi connectivity index (χ3v) is 3.01. The second kappa shape index (κ2) is 9.02. The molecule has 0 aliphatic carbocycles. The SMILES string of the molecule is CCn1cncc1CNC(=O)c1ccnc(Cl)c1.O=C(O)C(F)(F)F. The fraction of sp³-hybridized carbons (Fsp3) is 0.286. The predicted molar refractivity (Wildman–Crippen MR) is 82.0 cm³/mol. The molecule has 0 bridgehead atoms. The van der Waals surface area contributed by atoms with Gasteiger partial charge in [-0.2, -0.15) is 13.2 Å². The van der Waals surface area contributed by atoms with Crippen LogP contribution in [0.5, 0.6) is 0 Å². The molecule has 136 valence electrons. The zero-order valence-corrected chi connectivity index (χ0v) is 13.7. The van der Waals surface area contributed by atoms with Crippen LogP contribution in [0.3, 0.4) is 0 Å². The number of hydrogen-bond acceptors (Lipinski definition) is 4. The highest BCUT2D eigenvalue weighted by molar-refractivity contribution is 6.29. The standard InChI is InChI=1S/C12H13ClN4O.C2HF3O2/c1-2-17-8-14-6-10(17)7-16-12(18)9-3-4-15-11(13)5-9;3-2(4,5)1(6)7/h3-6,8H,2,7H2,1H3,(H,16,18);(H,6,7). The van der Waals surface area contributed by atoms with Crippen LogP contribution in [-0.4, -0.2) is 37.7 Å². The maximum atomic E-state index is 11.9. The van der Waals surface area contributed by atoms with Gasteiger partial charge in [0, 0.05) is 24.5 Å². The van der Waals surface area contributed by atoms with E-state index in [1.54, 1.807) is 18.6 Å². The van der Waals surface area contributed by atoms with Gasteiger partial charge in [-0.05, 0) is 19.1 Å². The maximum Gasteiger partial charge on any atom is 0.490 e. The van der Waals surface area contributed by atoms with E-state index < -0.39 is 12.1 Å². The number of nitrogens with one attached hydrogen (secondary N) is 1. The number of carboxylic acids is 1. The molecule has 0 spiro atoms. The quantitative estimate of drug-likeness (QED) is 0.797. The molecule has 0 aliphatic rings. The third-order valence-electron chi connectivity index (χ3n) is 2.80. The minimum absolute atomic E-state index is 0.178. The Morgan fingerprint density at radius 3 is 2.56 bits per heavy atom. The van der Waals surface area contributed by atoms with Crippen molar-refractivity contribution in [3.63, 3.8) is 0 Å². The van der Waals surface area contributed by atoms with Gasteiger partial charge in [-0.3, -0.25) is 4.79 Å². The third kappa shape index (κ3) is 6.79. The van der Waals surface area contributed by atoms with Crippen LogP contribution in [0.15, 0.2) is 30.9 Å². The maximum absolute atomic E-state index is 11.9. The number of rotatable bonds is 4. The largest absolute Gasteiger partial charge is 0.490 e. The first kappa shape index (κ1) is 20.4. The number of aromatic nitrogens is 3. The van der Waals surface area contributed by atoms with Crippen molar-refractivity contribution in [2.24, 2.45) is 0 Å². The van der Waals surface area contributed by atoms with Crippen LogP contribution in [0, 0.1) is 0 Å². The molecular weight excluding hydrogens is 365 g/mol. The average Bonchev–Trinajstić information content (AvgIpc) is 2.99. The van der Waals surface area contributed by atoms with E-state index in [2.05, 4.69) is 15.3 Å². The molecule has 11 heteroatoms. The van der Waals surface area contributed by atoms with Crippen molar-refractivity contribution >= 4 is 23.5 Å². The molecule has 2 aromatic heterocycles. The van der Waals surface area contributed by atoms with Crippen LogP contribution in [0.4, 0.5) is 13.2 Å². The summed E-state index contributed by atoms with van der Waals surface area (Å²) in [5.41, 5.74) is 1.46. The highest BCUT2D eigenvalue weighted by Gasteiger charge is 2.38. The summed E-state index contributed by atoms with van der Waals surface area (Å²) in [5.74, 6) is -2.93. The molecule has 0 unspecified atom stereocenters. The lowest BCUT2D eigenvalue weighted by molar-refractivity contribution is -0.192. The minimum atomic E-state index is -5.08. The van der Waals surface area contributed by atoms with Gasteiger partial charge in [-0.1, -0.05) is 11.6 Å². The zero-order valence-electron chi connectivity index (χ0n) is 12.9. The number of imidazole rings is 1. The van der Waals surface area contributed by atoms with E-state index in [1.165, 1.54) is 12.3 Å². The smallest absolute Gasteiger partial charge is 0.475 e. The van der Waals surface area contributed by atoms with Crippen LogP contribution in [-0.2, 0) is 17.9 Å². The molecule has 2 N–H and O–H groups in total. The lowest BCUT2D eigenvalue weighted by atomic mass is 10.2. The number of hydrogen-bond donors (Lipinski definition) is 2. The summed E-state index contributed by atoms with van der Waals surface area (Å²) < 4.78 is 33.7. The number of aryl methyl sites for hydroxylation is 1. The Kier molecular flexibility index (Phi) is 7.37. The zero-order chi connectivity index (χ0) is 19.0. The number of carboxylic acid groups (broad SMARTS) is 1. The predicted octanol–water partition coefficient (Wildman–Crippen LogP) is 2.51. The Balaban J connectivity index is 0.000000381. The van der Waals surface area contributed by atoms with Gasteiger partial charge in [0.1, 0.15) is 5.15 Å². The van der Waals surface area contributed by atoms with Crippen molar-refractivity contribution in [3.8, 4) is 0 Å². The summed E-state index contributed by atoms with van der Waals surface area (Å²) >= 11 is 5.73. The average molecular weight is 379 g/mol. The number of carbonyl (C=O) groups is 2. The first-order chi connectivity index (χ1) is 11.6. The summed E-state index contributed by atoms with van der Waals surface area (Å²) in [5, 5.41) is 10.2. The summed E-state index contributed by atoms with van der Waals surface area (Å²) in [6.45, 7) is 3.29. The number of carbonyl (C=O) groups excluding carboxylic acids is 1. The molecule has 2 aromatic rings.